The lowest BCUT2D eigenvalue weighted by atomic mass is 9.13. The van der Waals surface area contributed by atoms with Crippen LogP contribution in [0.4, 0.5) is 0 Å². The van der Waals surface area contributed by atoms with Gasteiger partial charge in [0.1, 0.15) is 5.75 Å². The Morgan fingerprint density at radius 3 is 2.27 bits per heavy atom. The summed E-state index contributed by atoms with van der Waals surface area (Å²) in [5.41, 5.74) is 0.398. The van der Waals surface area contributed by atoms with Gasteiger partial charge in [0.15, 0.2) is 0 Å². The zero-order valence-corrected chi connectivity index (χ0v) is 18.3. The number of benzene rings is 1. The van der Waals surface area contributed by atoms with Crippen molar-refractivity contribution in [2.45, 2.75) is 43.4 Å². The molecule has 7 heteroatoms. The van der Waals surface area contributed by atoms with Crippen LogP contribution in [0.25, 0.3) is 0 Å². The lowest BCUT2D eigenvalue weighted by Crippen LogP contribution is -2.88. The molecular weight excluding hydrogens is 400 g/mol. The first kappa shape index (κ1) is 19.1. The molecule has 2 unspecified atom stereocenters. The number of ether oxygens (including phenoxy) is 1. The van der Waals surface area contributed by atoms with Crippen molar-refractivity contribution in [2.75, 3.05) is 26.7 Å². The van der Waals surface area contributed by atoms with Gasteiger partial charge in [-0.1, -0.05) is 0 Å². The summed E-state index contributed by atoms with van der Waals surface area (Å²) in [6.45, 7) is 1.71. The highest BCUT2D eigenvalue weighted by Gasteiger charge is 2.89. The molecule has 0 aromatic heterocycles. The Kier molecular flexibility index (Phi) is 3.96. The molecule has 1 aromatic rings. The number of piperidine rings is 1. The second kappa shape index (κ2) is 6.22. The quantitative estimate of drug-likeness (QED) is 0.753. The van der Waals surface area contributed by atoms with Gasteiger partial charge in [-0.2, -0.15) is 4.31 Å². The van der Waals surface area contributed by atoms with Crippen molar-refractivity contribution in [2.24, 2.45) is 34.5 Å². The summed E-state index contributed by atoms with van der Waals surface area (Å²) >= 11 is 0. The van der Waals surface area contributed by atoms with E-state index in [4.69, 9.17) is 4.74 Å². The number of nitrogens with one attached hydrogen (secondary N) is 1. The van der Waals surface area contributed by atoms with E-state index in [1.165, 1.54) is 12.8 Å². The van der Waals surface area contributed by atoms with E-state index >= 15 is 0 Å². The topological polar surface area (TPSA) is 75.7 Å². The standard InChI is InChI=1S/C23H30N2O4S/c1-29-19-2-4-20(5-3-19)30(27,28)25-8-6-15(7-9-25)14-24-21(26)22-12-17-10-16-11-18(13-22)23(16,17)22/h2-5,15-18H,6-14H2,1H3,(H,24,26). The highest BCUT2D eigenvalue weighted by Crippen LogP contribution is 2.92. The molecule has 1 saturated heterocycles. The van der Waals surface area contributed by atoms with E-state index in [0.29, 0.717) is 47.5 Å². The Labute approximate surface area is 178 Å². The number of carbonyl (C=O) groups is 1. The zero-order valence-electron chi connectivity index (χ0n) is 17.5. The van der Waals surface area contributed by atoms with Crippen LogP contribution in [-0.4, -0.2) is 45.4 Å². The molecule has 2 atom stereocenters. The molecule has 6 nitrogen and oxygen atoms in total. The Morgan fingerprint density at radius 2 is 1.73 bits per heavy atom. The third-order valence-electron chi connectivity index (χ3n) is 9.44. The molecule has 4 aliphatic carbocycles. The molecule has 1 amide bonds. The highest BCUT2D eigenvalue weighted by atomic mass is 32.2. The monoisotopic (exact) mass is 430 g/mol. The van der Waals surface area contributed by atoms with Crippen molar-refractivity contribution in [3.63, 3.8) is 0 Å². The van der Waals surface area contributed by atoms with Crippen LogP contribution < -0.4 is 10.1 Å². The fourth-order valence-corrected chi connectivity index (χ4v) is 9.44. The second-order valence-electron chi connectivity index (χ2n) is 10.2. The third-order valence-corrected chi connectivity index (χ3v) is 11.4. The van der Waals surface area contributed by atoms with Gasteiger partial charge in [0.05, 0.1) is 17.4 Å². The molecule has 1 aliphatic heterocycles. The van der Waals surface area contributed by atoms with Gasteiger partial charge in [0.2, 0.25) is 15.9 Å². The van der Waals surface area contributed by atoms with Crippen LogP contribution in [0.5, 0.6) is 5.75 Å². The van der Waals surface area contributed by atoms with Gasteiger partial charge >= 0.3 is 0 Å². The van der Waals surface area contributed by atoms with Crippen LogP contribution in [0.2, 0.25) is 0 Å². The lowest BCUT2D eigenvalue weighted by Gasteiger charge is -2.90. The van der Waals surface area contributed by atoms with Crippen LogP contribution in [0.1, 0.15) is 38.5 Å². The summed E-state index contributed by atoms with van der Waals surface area (Å²) in [6.07, 6.45) is 6.55. The molecule has 162 valence electrons. The fourth-order valence-electron chi connectivity index (χ4n) is 7.97. The number of hydrogen-bond acceptors (Lipinski definition) is 4. The zero-order chi connectivity index (χ0) is 20.7. The molecule has 4 saturated carbocycles. The summed E-state index contributed by atoms with van der Waals surface area (Å²) in [6, 6.07) is 6.56. The smallest absolute Gasteiger partial charge is 0.243 e. The number of carbonyl (C=O) groups excluding carboxylic acids is 1. The number of amides is 1. The van der Waals surface area contributed by atoms with Crippen molar-refractivity contribution in [3.8, 4) is 5.75 Å². The summed E-state index contributed by atoms with van der Waals surface area (Å²) in [5.74, 6) is 3.82. The van der Waals surface area contributed by atoms with Crippen LogP contribution in [0.3, 0.4) is 0 Å². The average molecular weight is 431 g/mol. The molecule has 1 N–H and O–H groups in total. The number of sulfonamides is 1. The molecule has 1 aromatic carbocycles. The molecule has 30 heavy (non-hydrogen) atoms. The Hall–Kier alpha value is -1.60. The van der Waals surface area contributed by atoms with E-state index < -0.39 is 10.0 Å². The third kappa shape index (κ3) is 2.18. The molecule has 5 aliphatic rings. The van der Waals surface area contributed by atoms with E-state index in [0.717, 1.165) is 43.4 Å². The van der Waals surface area contributed by atoms with E-state index in [1.807, 2.05) is 0 Å². The maximum Gasteiger partial charge on any atom is 0.243 e. The van der Waals surface area contributed by atoms with Crippen molar-refractivity contribution in [1.29, 1.82) is 0 Å². The Morgan fingerprint density at radius 1 is 1.10 bits per heavy atom. The van der Waals surface area contributed by atoms with Gasteiger partial charge in [-0.25, -0.2) is 8.42 Å². The maximum absolute atomic E-state index is 13.0. The van der Waals surface area contributed by atoms with Crippen LogP contribution >= 0.6 is 0 Å². The molecule has 1 spiro atoms. The van der Waals surface area contributed by atoms with Gasteiger partial charge in [0, 0.05) is 19.6 Å². The van der Waals surface area contributed by atoms with Crippen LogP contribution in [0.15, 0.2) is 29.2 Å². The van der Waals surface area contributed by atoms with E-state index in [2.05, 4.69) is 5.32 Å². The van der Waals surface area contributed by atoms with Gasteiger partial charge in [0.25, 0.3) is 0 Å². The Bertz CT molecular complexity index is 955. The first-order chi connectivity index (χ1) is 14.4. The fraction of sp³-hybridized carbons (Fsp3) is 0.696. The Balaban J connectivity index is 1.03. The van der Waals surface area contributed by atoms with Crippen LogP contribution in [0, 0.1) is 34.5 Å². The van der Waals surface area contributed by atoms with Gasteiger partial charge in [-0.15, -0.1) is 0 Å². The minimum atomic E-state index is -3.48. The highest BCUT2D eigenvalue weighted by molar-refractivity contribution is 7.89. The largest absolute Gasteiger partial charge is 0.497 e. The summed E-state index contributed by atoms with van der Waals surface area (Å²) < 4.78 is 32.5. The minimum Gasteiger partial charge on any atom is -0.497 e. The van der Waals surface area contributed by atoms with E-state index in [1.54, 1.807) is 35.7 Å². The number of hydrogen-bond donors (Lipinski definition) is 1. The predicted octanol–water partition coefficient (Wildman–Crippen LogP) is 2.65. The molecule has 0 radical (unpaired) electrons. The molecule has 5 fully saturated rings. The van der Waals surface area contributed by atoms with Crippen molar-refractivity contribution >= 4 is 15.9 Å². The number of nitrogens with zero attached hydrogens (tertiary/aromatic N) is 1. The maximum atomic E-state index is 13.0. The minimum absolute atomic E-state index is 0.0259. The molecule has 1 heterocycles. The average Bonchev–Trinajstić information content (AvgIpc) is 2.70. The van der Waals surface area contributed by atoms with Crippen LogP contribution in [-0.2, 0) is 14.8 Å². The second-order valence-corrected chi connectivity index (χ2v) is 12.2. The number of methoxy groups -OCH3 is 1. The summed E-state index contributed by atoms with van der Waals surface area (Å²) in [7, 11) is -1.91. The van der Waals surface area contributed by atoms with Crippen molar-refractivity contribution in [3.05, 3.63) is 24.3 Å². The SMILES string of the molecule is COc1ccc(S(=O)(=O)N2CCC(CNC(=O)C34CC5CC6CC(C3)C654)CC2)cc1. The van der Waals surface area contributed by atoms with Crippen molar-refractivity contribution < 1.29 is 17.9 Å². The number of rotatable bonds is 6. The van der Waals surface area contributed by atoms with E-state index in [9.17, 15) is 13.2 Å². The summed E-state index contributed by atoms with van der Waals surface area (Å²) in [5, 5.41) is 3.27. The van der Waals surface area contributed by atoms with Gasteiger partial charge in [-0.3, -0.25) is 4.79 Å². The summed E-state index contributed by atoms with van der Waals surface area (Å²) in [4.78, 5) is 13.3. The lowest BCUT2D eigenvalue weighted by molar-refractivity contribution is -0.413. The first-order valence-corrected chi connectivity index (χ1v) is 12.8. The molecular formula is C23H30N2O4S. The van der Waals surface area contributed by atoms with E-state index in [-0.39, 0.29) is 5.41 Å². The van der Waals surface area contributed by atoms with Gasteiger partial charge < -0.3 is 10.1 Å². The molecule has 0 bridgehead atoms. The van der Waals surface area contributed by atoms with Gasteiger partial charge in [-0.05, 0) is 91.9 Å². The normalized spacial score (nSPS) is 39.3. The molecule has 6 rings (SSSR count). The first-order valence-electron chi connectivity index (χ1n) is 11.3. The predicted molar refractivity (Wildman–Crippen MR) is 111 cm³/mol. The van der Waals surface area contributed by atoms with Crippen molar-refractivity contribution in [1.82, 2.24) is 9.62 Å².